The van der Waals surface area contributed by atoms with E-state index in [0.29, 0.717) is 10.6 Å². The zero-order valence-corrected chi connectivity index (χ0v) is 11.2. The summed E-state index contributed by atoms with van der Waals surface area (Å²) in [6, 6.07) is 9.52. The molecule has 0 fully saturated rings. The molecule has 0 heterocycles. The molecule has 1 aliphatic carbocycles. The van der Waals surface area contributed by atoms with Crippen molar-refractivity contribution in [3.63, 3.8) is 0 Å². The van der Waals surface area contributed by atoms with E-state index >= 15 is 0 Å². The lowest BCUT2D eigenvalue weighted by molar-refractivity contribution is 0.986. The molecule has 4 heteroatoms. The normalized spacial score (nSPS) is 23.6. The van der Waals surface area contributed by atoms with Crippen molar-refractivity contribution in [3.8, 4) is 0 Å². The molecule has 84 valence electrons. The first kappa shape index (κ1) is 12.3. The lowest BCUT2D eigenvalue weighted by Crippen LogP contribution is -2.29. The first-order valence-corrected chi connectivity index (χ1v) is 6.26. The van der Waals surface area contributed by atoms with Crippen LogP contribution < -0.4 is 0 Å². The summed E-state index contributed by atoms with van der Waals surface area (Å²) in [7, 11) is 0. The molecule has 0 amide bonds. The molecule has 0 saturated carbocycles. The number of benzene rings is 1. The molecule has 0 spiro atoms. The first-order chi connectivity index (χ1) is 7.53. The molecule has 0 nitrogen and oxygen atoms in total. The fraction of sp³-hybridized carbons (Fsp3) is 0.167. The Hall–Kier alpha value is -0.140. The van der Waals surface area contributed by atoms with E-state index in [-0.39, 0.29) is 0 Å². The van der Waals surface area contributed by atoms with Crippen LogP contribution in [0.4, 0.5) is 0 Å². The largest absolute Gasteiger partial charge is 0.164 e. The molecule has 2 rings (SSSR count). The van der Waals surface area contributed by atoms with E-state index in [4.69, 9.17) is 46.4 Å². The van der Waals surface area contributed by atoms with E-state index < -0.39 is 9.71 Å². The minimum absolute atomic E-state index is 0.492. The molecule has 0 aliphatic heterocycles. The second-order valence-electron chi connectivity index (χ2n) is 3.47. The Labute approximate surface area is 114 Å². The first-order valence-electron chi connectivity index (χ1n) is 4.69. The lowest BCUT2D eigenvalue weighted by Gasteiger charge is -2.30. The molecule has 1 aromatic carbocycles. The van der Waals surface area contributed by atoms with Gasteiger partial charge in [-0.25, -0.2) is 0 Å². The van der Waals surface area contributed by atoms with E-state index in [1.54, 1.807) is 12.2 Å². The maximum Gasteiger partial charge on any atom is 0.164 e. The summed E-state index contributed by atoms with van der Waals surface area (Å²) < 4.78 is -1.20. The van der Waals surface area contributed by atoms with Gasteiger partial charge < -0.3 is 0 Å². The van der Waals surface area contributed by atoms with Gasteiger partial charge in [0.15, 0.2) is 4.33 Å². The van der Waals surface area contributed by atoms with Crippen LogP contribution in [0.25, 0.3) is 5.57 Å². The van der Waals surface area contributed by atoms with Crippen LogP contribution in [0.1, 0.15) is 5.56 Å². The van der Waals surface area contributed by atoms with E-state index in [1.165, 1.54) is 0 Å². The highest BCUT2D eigenvalue weighted by atomic mass is 35.5. The van der Waals surface area contributed by atoms with Crippen LogP contribution >= 0.6 is 46.4 Å². The van der Waals surface area contributed by atoms with E-state index in [2.05, 4.69) is 0 Å². The summed E-state index contributed by atoms with van der Waals surface area (Å²) in [5.41, 5.74) is 1.54. The van der Waals surface area contributed by atoms with Gasteiger partial charge in [0.05, 0.1) is 5.38 Å². The van der Waals surface area contributed by atoms with E-state index in [9.17, 15) is 0 Å². The predicted molar refractivity (Wildman–Crippen MR) is 72.4 cm³/mol. The van der Waals surface area contributed by atoms with E-state index in [0.717, 1.165) is 5.56 Å². The van der Waals surface area contributed by atoms with Gasteiger partial charge in [-0.1, -0.05) is 71.2 Å². The minimum atomic E-state index is -1.20. The zero-order chi connectivity index (χ0) is 11.8. The number of rotatable bonds is 1. The second-order valence-corrected chi connectivity index (χ2v) is 5.74. The third-order valence-corrected chi connectivity index (χ3v) is 4.25. The van der Waals surface area contributed by atoms with Crippen LogP contribution in [0.15, 0.2) is 47.5 Å². The maximum absolute atomic E-state index is 6.26. The van der Waals surface area contributed by atoms with Crippen molar-refractivity contribution in [2.24, 2.45) is 0 Å². The van der Waals surface area contributed by atoms with E-state index in [1.807, 2.05) is 30.3 Å². The summed E-state index contributed by atoms with van der Waals surface area (Å²) in [6.07, 6.45) is 3.42. The highest BCUT2D eigenvalue weighted by Gasteiger charge is 2.40. The van der Waals surface area contributed by atoms with Crippen LogP contribution in [0.3, 0.4) is 0 Å². The SMILES string of the molecule is ClC1=C(c2ccccc2)C(Cl)(Cl)C(Cl)C=C1. The van der Waals surface area contributed by atoms with Gasteiger partial charge in [-0.3, -0.25) is 0 Å². The van der Waals surface area contributed by atoms with Gasteiger partial charge >= 0.3 is 0 Å². The van der Waals surface area contributed by atoms with Crippen molar-refractivity contribution in [1.29, 1.82) is 0 Å². The topological polar surface area (TPSA) is 0 Å². The zero-order valence-electron chi connectivity index (χ0n) is 8.13. The number of hydrogen-bond acceptors (Lipinski definition) is 0. The van der Waals surface area contributed by atoms with Gasteiger partial charge in [0.2, 0.25) is 0 Å². The van der Waals surface area contributed by atoms with Crippen LogP contribution in [0, 0.1) is 0 Å². The van der Waals surface area contributed by atoms with Crippen LogP contribution in [-0.2, 0) is 0 Å². The quantitative estimate of drug-likeness (QED) is 0.640. The summed E-state index contributed by atoms with van der Waals surface area (Å²) in [5.74, 6) is 0. The summed E-state index contributed by atoms with van der Waals surface area (Å²) in [5, 5.41) is 0.0293. The fourth-order valence-electron chi connectivity index (χ4n) is 1.61. The average molecular weight is 294 g/mol. The molecule has 1 unspecified atom stereocenters. The van der Waals surface area contributed by atoms with Crippen molar-refractivity contribution in [3.05, 3.63) is 53.1 Å². The average Bonchev–Trinajstić information content (AvgIpc) is 2.25. The van der Waals surface area contributed by atoms with Gasteiger partial charge in [0.25, 0.3) is 0 Å². The van der Waals surface area contributed by atoms with Crippen molar-refractivity contribution in [2.75, 3.05) is 0 Å². The molecule has 0 aromatic heterocycles. The van der Waals surface area contributed by atoms with Crippen LogP contribution in [0.2, 0.25) is 0 Å². The molecular weight excluding hydrogens is 286 g/mol. The Morgan fingerprint density at radius 2 is 1.69 bits per heavy atom. The van der Waals surface area contributed by atoms with Crippen LogP contribution in [0.5, 0.6) is 0 Å². The highest BCUT2D eigenvalue weighted by molar-refractivity contribution is 6.59. The lowest BCUT2D eigenvalue weighted by atomic mass is 9.96. The third kappa shape index (κ3) is 2.12. The number of alkyl halides is 3. The van der Waals surface area contributed by atoms with Gasteiger partial charge in [0.1, 0.15) is 0 Å². The molecule has 1 aromatic rings. The molecule has 0 N–H and O–H groups in total. The summed E-state index contributed by atoms with van der Waals surface area (Å²) in [4.78, 5) is 0. The van der Waals surface area contributed by atoms with Crippen molar-refractivity contribution < 1.29 is 0 Å². The maximum atomic E-state index is 6.26. The summed E-state index contributed by atoms with van der Waals surface area (Å²) in [6.45, 7) is 0. The van der Waals surface area contributed by atoms with Crippen molar-refractivity contribution in [2.45, 2.75) is 9.71 Å². The third-order valence-electron chi connectivity index (χ3n) is 2.39. The number of halogens is 4. The monoisotopic (exact) mass is 292 g/mol. The Morgan fingerprint density at radius 1 is 1.06 bits per heavy atom. The molecular formula is C12H8Cl4. The molecule has 16 heavy (non-hydrogen) atoms. The summed E-state index contributed by atoms with van der Waals surface area (Å²) >= 11 is 24.7. The smallest absolute Gasteiger partial charge is 0.115 e. The Kier molecular flexibility index (Phi) is 3.56. The van der Waals surface area contributed by atoms with Gasteiger partial charge in [-0.05, 0) is 11.6 Å². The van der Waals surface area contributed by atoms with Crippen molar-refractivity contribution >= 4 is 52.0 Å². The molecule has 1 aliphatic rings. The molecule has 1 atom stereocenters. The fourth-order valence-corrected chi connectivity index (χ4v) is 2.78. The van der Waals surface area contributed by atoms with Gasteiger partial charge in [0, 0.05) is 10.6 Å². The number of hydrogen-bond donors (Lipinski definition) is 0. The Balaban J connectivity index is 2.57. The second kappa shape index (κ2) is 4.62. The highest BCUT2D eigenvalue weighted by Crippen LogP contribution is 2.47. The Bertz CT molecular complexity index is 445. The van der Waals surface area contributed by atoms with Crippen molar-refractivity contribution in [1.82, 2.24) is 0 Å². The predicted octanol–water partition coefficient (Wildman–Crippen LogP) is 4.99. The van der Waals surface area contributed by atoms with Gasteiger partial charge in [-0.2, -0.15) is 0 Å². The standard InChI is InChI=1S/C12H8Cl4/c13-9-6-7-10(14)12(15,16)11(9)8-4-2-1-3-5-8/h1-7,10H. The molecule has 0 bridgehead atoms. The van der Waals surface area contributed by atoms with Crippen LogP contribution in [-0.4, -0.2) is 9.71 Å². The molecule has 0 saturated heterocycles. The number of allylic oxidation sites excluding steroid dienone is 4. The molecule has 0 radical (unpaired) electrons. The Morgan fingerprint density at radius 3 is 2.31 bits per heavy atom. The van der Waals surface area contributed by atoms with Gasteiger partial charge in [-0.15, -0.1) is 11.6 Å². The minimum Gasteiger partial charge on any atom is -0.115 e.